The lowest BCUT2D eigenvalue weighted by atomic mass is 10.1. The molecule has 0 radical (unpaired) electrons. The van der Waals surface area contributed by atoms with Crippen LogP contribution in [0, 0.1) is 0 Å². The molecule has 1 heterocycles. The Hall–Kier alpha value is -2.33. The molecular weight excluding hydrogens is 328 g/mol. The summed E-state index contributed by atoms with van der Waals surface area (Å²) in [5.41, 5.74) is 1.76. The Labute approximate surface area is 155 Å². The van der Waals surface area contributed by atoms with Crippen LogP contribution in [-0.4, -0.2) is 18.9 Å². The van der Waals surface area contributed by atoms with Crippen LogP contribution < -0.4 is 9.47 Å². The molecule has 1 atom stereocenters. The van der Waals surface area contributed by atoms with Crippen LogP contribution in [0.4, 0.5) is 0 Å². The number of hydrogen-bond acceptors (Lipinski definition) is 4. The Morgan fingerprint density at radius 2 is 1.77 bits per heavy atom. The van der Waals surface area contributed by atoms with Gasteiger partial charge in [-0.1, -0.05) is 25.5 Å². The summed E-state index contributed by atoms with van der Waals surface area (Å²) in [6.07, 6.45) is 6.31. The monoisotopic (exact) mass is 354 g/mol. The van der Waals surface area contributed by atoms with Gasteiger partial charge in [0.2, 0.25) is 0 Å². The lowest BCUT2D eigenvalue weighted by Crippen LogP contribution is -2.24. The fourth-order valence-corrected chi connectivity index (χ4v) is 2.90. The van der Waals surface area contributed by atoms with Crippen LogP contribution in [0.5, 0.6) is 11.5 Å². The van der Waals surface area contributed by atoms with Gasteiger partial charge in [-0.3, -0.25) is 0 Å². The van der Waals surface area contributed by atoms with Crippen molar-refractivity contribution in [1.29, 1.82) is 0 Å². The predicted molar refractivity (Wildman–Crippen MR) is 101 cm³/mol. The Kier molecular flexibility index (Phi) is 6.67. The Balaban J connectivity index is 1.54. The molecule has 1 aliphatic heterocycles. The number of benzene rings is 2. The van der Waals surface area contributed by atoms with Crippen LogP contribution >= 0.6 is 0 Å². The second-order valence-corrected chi connectivity index (χ2v) is 6.58. The van der Waals surface area contributed by atoms with Crippen molar-refractivity contribution in [1.82, 2.24) is 0 Å². The predicted octanol–water partition coefficient (Wildman–Crippen LogP) is 5.15. The number of aryl methyl sites for hydroxylation is 1. The van der Waals surface area contributed by atoms with Gasteiger partial charge >= 0.3 is 5.97 Å². The van der Waals surface area contributed by atoms with Crippen LogP contribution in [0.3, 0.4) is 0 Å². The molecule has 0 bridgehead atoms. The Morgan fingerprint density at radius 1 is 1.04 bits per heavy atom. The van der Waals surface area contributed by atoms with Gasteiger partial charge in [0.05, 0.1) is 12.2 Å². The minimum Gasteiger partial charge on any atom is -0.465 e. The molecule has 2 aromatic rings. The van der Waals surface area contributed by atoms with Crippen molar-refractivity contribution in [2.75, 3.05) is 6.61 Å². The molecule has 0 N–H and O–H groups in total. The molecule has 4 heteroatoms. The van der Waals surface area contributed by atoms with E-state index in [9.17, 15) is 4.79 Å². The molecule has 1 saturated heterocycles. The third kappa shape index (κ3) is 5.33. The second-order valence-electron chi connectivity index (χ2n) is 6.58. The van der Waals surface area contributed by atoms with Crippen molar-refractivity contribution in [3.05, 3.63) is 59.7 Å². The maximum atomic E-state index is 12.3. The second kappa shape index (κ2) is 9.39. The fourth-order valence-electron chi connectivity index (χ4n) is 2.90. The highest BCUT2D eigenvalue weighted by Gasteiger charge is 2.15. The normalized spacial score (nSPS) is 16.9. The maximum absolute atomic E-state index is 12.3. The van der Waals surface area contributed by atoms with Crippen molar-refractivity contribution in [3.8, 4) is 11.5 Å². The smallest absolute Gasteiger partial charge is 0.343 e. The van der Waals surface area contributed by atoms with Crippen LogP contribution in [0.1, 0.15) is 54.9 Å². The lowest BCUT2D eigenvalue weighted by Gasteiger charge is -2.23. The summed E-state index contributed by atoms with van der Waals surface area (Å²) in [5, 5.41) is 0. The summed E-state index contributed by atoms with van der Waals surface area (Å²) >= 11 is 0. The van der Waals surface area contributed by atoms with Gasteiger partial charge in [-0.2, -0.15) is 0 Å². The van der Waals surface area contributed by atoms with E-state index in [2.05, 4.69) is 6.92 Å². The first kappa shape index (κ1) is 18.5. The lowest BCUT2D eigenvalue weighted by molar-refractivity contribution is -0.105. The average molecular weight is 354 g/mol. The molecule has 3 rings (SSSR count). The van der Waals surface area contributed by atoms with Crippen LogP contribution in [-0.2, 0) is 11.2 Å². The van der Waals surface area contributed by atoms with Crippen LogP contribution in [0.25, 0.3) is 0 Å². The van der Waals surface area contributed by atoms with Gasteiger partial charge in [0, 0.05) is 6.42 Å². The molecule has 1 fully saturated rings. The van der Waals surface area contributed by atoms with E-state index in [-0.39, 0.29) is 12.3 Å². The average Bonchev–Trinajstić information content (AvgIpc) is 2.69. The fraction of sp³-hybridized carbons (Fsp3) is 0.409. The molecular formula is C22H26O4. The van der Waals surface area contributed by atoms with Gasteiger partial charge in [-0.15, -0.1) is 0 Å². The Morgan fingerprint density at radius 3 is 2.42 bits per heavy atom. The third-order valence-electron chi connectivity index (χ3n) is 4.45. The van der Waals surface area contributed by atoms with E-state index < -0.39 is 0 Å². The highest BCUT2D eigenvalue weighted by Crippen LogP contribution is 2.21. The standard InChI is InChI=1S/C22H26O4/c1-2-3-6-17-8-12-20(13-9-17)26-22(23)18-10-14-19(15-11-18)25-21-7-4-5-16-24-21/h8-15,21H,2-7,16H2,1H3. The van der Waals surface area contributed by atoms with Crippen molar-refractivity contribution in [2.45, 2.75) is 51.7 Å². The van der Waals surface area contributed by atoms with Gasteiger partial charge < -0.3 is 14.2 Å². The first-order chi connectivity index (χ1) is 12.7. The van der Waals surface area contributed by atoms with E-state index >= 15 is 0 Å². The van der Waals surface area contributed by atoms with Gasteiger partial charge in [0.25, 0.3) is 0 Å². The van der Waals surface area contributed by atoms with Crippen LogP contribution in [0.2, 0.25) is 0 Å². The van der Waals surface area contributed by atoms with Crippen LogP contribution in [0.15, 0.2) is 48.5 Å². The molecule has 0 saturated carbocycles. The summed E-state index contributed by atoms with van der Waals surface area (Å²) in [4.78, 5) is 12.3. The molecule has 138 valence electrons. The number of carbonyl (C=O) groups excluding carboxylic acids is 1. The molecule has 1 unspecified atom stereocenters. The zero-order valence-electron chi connectivity index (χ0n) is 15.3. The van der Waals surface area contributed by atoms with Gasteiger partial charge in [0.15, 0.2) is 6.29 Å². The summed E-state index contributed by atoms with van der Waals surface area (Å²) in [5.74, 6) is 0.895. The van der Waals surface area contributed by atoms with Gasteiger partial charge in [0.1, 0.15) is 11.5 Å². The van der Waals surface area contributed by atoms with Crippen molar-refractivity contribution in [2.24, 2.45) is 0 Å². The van der Waals surface area contributed by atoms with E-state index in [0.29, 0.717) is 17.1 Å². The minimum absolute atomic E-state index is 0.187. The molecule has 1 aliphatic rings. The molecule has 4 nitrogen and oxygen atoms in total. The highest BCUT2D eigenvalue weighted by atomic mass is 16.7. The molecule has 0 spiro atoms. The van der Waals surface area contributed by atoms with Crippen molar-refractivity contribution in [3.63, 3.8) is 0 Å². The third-order valence-corrected chi connectivity index (χ3v) is 4.45. The maximum Gasteiger partial charge on any atom is 0.343 e. The largest absolute Gasteiger partial charge is 0.465 e. The molecule has 2 aromatic carbocycles. The number of rotatable bonds is 7. The molecule has 0 amide bonds. The summed E-state index contributed by atoms with van der Waals surface area (Å²) in [6, 6.07) is 14.7. The van der Waals surface area contributed by atoms with E-state index in [1.54, 1.807) is 24.3 Å². The first-order valence-electron chi connectivity index (χ1n) is 9.44. The zero-order valence-corrected chi connectivity index (χ0v) is 15.3. The molecule has 26 heavy (non-hydrogen) atoms. The SMILES string of the molecule is CCCCc1ccc(OC(=O)c2ccc(OC3CCCCO3)cc2)cc1. The number of carbonyl (C=O) groups is 1. The number of unbranched alkanes of at least 4 members (excludes halogenated alkanes) is 1. The number of esters is 1. The Bertz CT molecular complexity index is 685. The van der Waals surface area contributed by atoms with Crippen molar-refractivity contribution < 1.29 is 19.0 Å². The molecule has 0 aliphatic carbocycles. The summed E-state index contributed by atoms with van der Waals surface area (Å²) < 4.78 is 16.8. The highest BCUT2D eigenvalue weighted by molar-refractivity contribution is 5.91. The van der Waals surface area contributed by atoms with Crippen molar-refractivity contribution >= 4 is 5.97 Å². The van der Waals surface area contributed by atoms with Gasteiger partial charge in [-0.25, -0.2) is 4.79 Å². The summed E-state index contributed by atoms with van der Waals surface area (Å²) in [6.45, 7) is 2.92. The quantitative estimate of drug-likeness (QED) is 0.509. The topological polar surface area (TPSA) is 44.8 Å². The van der Waals surface area contributed by atoms with Gasteiger partial charge in [-0.05, 0) is 67.6 Å². The minimum atomic E-state index is -0.369. The van der Waals surface area contributed by atoms with E-state index in [0.717, 1.165) is 32.3 Å². The van der Waals surface area contributed by atoms with E-state index in [1.807, 2.05) is 24.3 Å². The zero-order chi connectivity index (χ0) is 18.2. The summed E-state index contributed by atoms with van der Waals surface area (Å²) in [7, 11) is 0. The number of ether oxygens (including phenoxy) is 3. The van der Waals surface area contributed by atoms with E-state index in [4.69, 9.17) is 14.2 Å². The van der Waals surface area contributed by atoms with E-state index in [1.165, 1.54) is 18.4 Å². The first-order valence-corrected chi connectivity index (χ1v) is 9.44. The molecule has 0 aromatic heterocycles. The number of hydrogen-bond donors (Lipinski definition) is 0.